The lowest BCUT2D eigenvalue weighted by Crippen LogP contribution is -2.28. The molecule has 2 aromatic carbocycles. The third-order valence-corrected chi connectivity index (χ3v) is 6.68. The van der Waals surface area contributed by atoms with Gasteiger partial charge in [0.2, 0.25) is 21.8 Å². The van der Waals surface area contributed by atoms with E-state index in [0.29, 0.717) is 16.9 Å². The molecule has 0 aliphatic rings. The molecule has 0 aliphatic carbocycles. The number of carbonyl (C=O) groups excluding carboxylic acids is 1. The number of fused-ring (bicyclic) bond motifs is 1. The molecule has 4 N–H and O–H groups in total. The fourth-order valence-electron chi connectivity index (χ4n) is 3.87. The van der Waals surface area contributed by atoms with Crippen LogP contribution in [0.25, 0.3) is 5.65 Å². The van der Waals surface area contributed by atoms with Crippen LogP contribution in [0.1, 0.15) is 29.0 Å². The fraction of sp³-hybridized carbons (Fsp3) is 0.160. The van der Waals surface area contributed by atoms with E-state index in [0.717, 1.165) is 0 Å². The summed E-state index contributed by atoms with van der Waals surface area (Å²) < 4.78 is 29.4. The van der Waals surface area contributed by atoms with Crippen molar-refractivity contribution in [3.05, 3.63) is 100.0 Å². The molecule has 0 bridgehead atoms. The number of methoxy groups -OCH3 is 1. The molecule has 0 saturated heterocycles. The number of carbonyl (C=O) groups is 1. The van der Waals surface area contributed by atoms with Crippen molar-refractivity contribution in [3.8, 4) is 11.6 Å². The maximum absolute atomic E-state index is 13.3. The van der Waals surface area contributed by atoms with E-state index >= 15 is 0 Å². The van der Waals surface area contributed by atoms with E-state index < -0.39 is 27.4 Å². The van der Waals surface area contributed by atoms with E-state index in [9.17, 15) is 23.1 Å². The number of pyridine rings is 1. The number of amides is 1. The molecule has 2 heterocycles. The van der Waals surface area contributed by atoms with Gasteiger partial charge in [-0.3, -0.25) is 14.0 Å². The van der Waals surface area contributed by atoms with Crippen LogP contribution in [0.5, 0.6) is 11.6 Å². The lowest BCUT2D eigenvalue weighted by Gasteiger charge is -2.19. The van der Waals surface area contributed by atoms with E-state index in [4.69, 9.17) is 9.88 Å². The molecule has 1 atom stereocenters. The van der Waals surface area contributed by atoms with Crippen molar-refractivity contribution >= 4 is 21.6 Å². The molecule has 0 fully saturated rings. The maximum Gasteiger partial charge on any atom is 0.265 e. The highest BCUT2D eigenvalue weighted by Gasteiger charge is 2.26. The molecule has 0 saturated carbocycles. The predicted molar refractivity (Wildman–Crippen MR) is 132 cm³/mol. The van der Waals surface area contributed by atoms with E-state index in [1.165, 1.54) is 23.6 Å². The highest BCUT2D eigenvalue weighted by molar-refractivity contribution is 7.89. The molecule has 0 radical (unpaired) electrons. The van der Waals surface area contributed by atoms with Crippen molar-refractivity contribution < 1.29 is 23.1 Å². The number of nitrogens with zero attached hydrogens (tertiary/aromatic N) is 2. The number of sulfonamides is 1. The maximum atomic E-state index is 13.3. The Labute approximate surface area is 207 Å². The Balaban J connectivity index is 1.63. The molecule has 2 aromatic heterocycles. The summed E-state index contributed by atoms with van der Waals surface area (Å²) in [6, 6.07) is 17.6. The van der Waals surface area contributed by atoms with Gasteiger partial charge in [-0.05, 0) is 47.5 Å². The Kier molecular flexibility index (Phi) is 7.04. The van der Waals surface area contributed by atoms with Gasteiger partial charge in [0.15, 0.2) is 0 Å². The minimum atomic E-state index is -3.81. The molecular weight excluding hydrogens is 484 g/mol. The number of benzene rings is 2. The van der Waals surface area contributed by atoms with E-state index in [1.54, 1.807) is 60.8 Å². The summed E-state index contributed by atoms with van der Waals surface area (Å²) in [5, 5.41) is 18.6. The largest absolute Gasteiger partial charge is 0.497 e. The predicted octanol–water partition coefficient (Wildman–Crippen LogP) is 1.89. The third-order valence-electron chi connectivity index (χ3n) is 5.75. The molecule has 11 heteroatoms. The van der Waals surface area contributed by atoms with Gasteiger partial charge in [0, 0.05) is 25.1 Å². The van der Waals surface area contributed by atoms with Crippen molar-refractivity contribution in [1.29, 1.82) is 0 Å². The topological polar surface area (TPSA) is 153 Å². The number of rotatable bonds is 8. The van der Waals surface area contributed by atoms with Crippen molar-refractivity contribution in [1.82, 2.24) is 14.7 Å². The summed E-state index contributed by atoms with van der Waals surface area (Å²) in [7, 11) is -2.29. The minimum Gasteiger partial charge on any atom is -0.497 e. The van der Waals surface area contributed by atoms with Gasteiger partial charge in [0.05, 0.1) is 17.6 Å². The van der Waals surface area contributed by atoms with Crippen LogP contribution in [0.3, 0.4) is 0 Å². The molecule has 1 unspecified atom stereocenters. The quantitative estimate of drug-likeness (QED) is 0.328. The smallest absolute Gasteiger partial charge is 0.265 e. The van der Waals surface area contributed by atoms with Gasteiger partial charge in [0.1, 0.15) is 11.4 Å². The number of aromatic hydroxyl groups is 1. The van der Waals surface area contributed by atoms with Gasteiger partial charge in [-0.2, -0.15) is 4.98 Å². The van der Waals surface area contributed by atoms with Crippen LogP contribution in [-0.4, -0.2) is 35.9 Å². The summed E-state index contributed by atoms with van der Waals surface area (Å²) in [4.78, 5) is 30.4. The number of aromatic nitrogens is 2. The third kappa shape index (κ3) is 5.37. The van der Waals surface area contributed by atoms with Crippen LogP contribution < -0.4 is 20.8 Å². The van der Waals surface area contributed by atoms with Crippen molar-refractivity contribution in [2.45, 2.75) is 23.8 Å². The number of hydrogen-bond donors (Lipinski definition) is 3. The number of primary sulfonamides is 1. The molecule has 4 aromatic rings. The van der Waals surface area contributed by atoms with Crippen LogP contribution in [-0.2, 0) is 21.4 Å². The zero-order valence-electron chi connectivity index (χ0n) is 19.3. The summed E-state index contributed by atoms with van der Waals surface area (Å²) in [5.41, 5.74) is 1.08. The first-order valence-electron chi connectivity index (χ1n) is 10.9. The Morgan fingerprint density at radius 2 is 1.81 bits per heavy atom. The molecule has 36 heavy (non-hydrogen) atoms. The minimum absolute atomic E-state index is 0.00322. The Bertz CT molecular complexity index is 1570. The number of nitrogens with one attached hydrogen (secondary N) is 1. The summed E-state index contributed by atoms with van der Waals surface area (Å²) in [6.07, 6.45) is 1.40. The molecule has 1 amide bonds. The summed E-state index contributed by atoms with van der Waals surface area (Å²) in [5.74, 6) is -1.03. The zero-order chi connectivity index (χ0) is 25.9. The first kappa shape index (κ1) is 24.9. The van der Waals surface area contributed by atoms with E-state index in [-0.39, 0.29) is 35.0 Å². The number of hydrogen-bond acceptors (Lipinski definition) is 7. The Morgan fingerprint density at radius 3 is 2.44 bits per heavy atom. The van der Waals surface area contributed by atoms with Gasteiger partial charge in [0.25, 0.3) is 5.56 Å². The fourth-order valence-corrected chi connectivity index (χ4v) is 4.39. The van der Waals surface area contributed by atoms with Gasteiger partial charge in [-0.1, -0.05) is 30.3 Å². The number of ether oxygens (including phenoxy) is 1. The lowest BCUT2D eigenvalue weighted by atomic mass is 9.89. The lowest BCUT2D eigenvalue weighted by molar-refractivity contribution is -0.121. The van der Waals surface area contributed by atoms with Crippen LogP contribution in [0, 0.1) is 0 Å². The second kappa shape index (κ2) is 10.2. The van der Waals surface area contributed by atoms with Crippen LogP contribution in [0.15, 0.2) is 82.6 Å². The highest BCUT2D eigenvalue weighted by Crippen LogP contribution is 2.32. The second-order valence-corrected chi connectivity index (χ2v) is 9.64. The Hall–Kier alpha value is -4.22. The SMILES string of the molecule is COc1ccc(C(CC(=O)NCc2ccc(S(N)(=O)=O)cc2)c2c(O)nc3ccccn3c2=O)cc1. The number of nitrogens with two attached hydrogens (primary N) is 1. The van der Waals surface area contributed by atoms with Crippen molar-refractivity contribution in [2.75, 3.05) is 7.11 Å². The average molecular weight is 509 g/mol. The van der Waals surface area contributed by atoms with Gasteiger partial charge < -0.3 is 15.2 Å². The zero-order valence-corrected chi connectivity index (χ0v) is 20.1. The highest BCUT2D eigenvalue weighted by atomic mass is 32.2. The molecule has 0 spiro atoms. The Morgan fingerprint density at radius 1 is 1.11 bits per heavy atom. The standard InChI is InChI=1S/C25H24N4O6S/c1-35-18-9-7-17(8-10-18)20(23-24(31)28-21-4-2-3-13-29(21)25(23)32)14-22(30)27-15-16-5-11-19(12-6-16)36(26,33)34/h2-13,20,31H,14-15H2,1H3,(H,27,30)(H2,26,33,34). The monoisotopic (exact) mass is 508 g/mol. The molecule has 4 rings (SSSR count). The van der Waals surface area contributed by atoms with E-state index in [1.807, 2.05) is 0 Å². The van der Waals surface area contributed by atoms with Crippen LogP contribution >= 0.6 is 0 Å². The van der Waals surface area contributed by atoms with Crippen LogP contribution in [0.2, 0.25) is 0 Å². The first-order chi connectivity index (χ1) is 17.2. The van der Waals surface area contributed by atoms with Gasteiger partial charge in [-0.25, -0.2) is 13.6 Å². The molecular formula is C25H24N4O6S. The molecule has 186 valence electrons. The van der Waals surface area contributed by atoms with Crippen molar-refractivity contribution in [2.24, 2.45) is 5.14 Å². The second-order valence-electron chi connectivity index (χ2n) is 8.08. The van der Waals surface area contributed by atoms with Gasteiger partial charge in [-0.15, -0.1) is 0 Å². The molecule has 0 aliphatic heterocycles. The molecule has 10 nitrogen and oxygen atoms in total. The normalized spacial score (nSPS) is 12.3. The summed E-state index contributed by atoms with van der Waals surface area (Å²) in [6.45, 7) is 0.125. The summed E-state index contributed by atoms with van der Waals surface area (Å²) >= 11 is 0. The van der Waals surface area contributed by atoms with Crippen LogP contribution in [0.4, 0.5) is 0 Å². The van der Waals surface area contributed by atoms with E-state index in [2.05, 4.69) is 10.3 Å². The first-order valence-corrected chi connectivity index (χ1v) is 12.4. The average Bonchev–Trinajstić information content (AvgIpc) is 2.86. The van der Waals surface area contributed by atoms with Crippen molar-refractivity contribution in [3.63, 3.8) is 0 Å². The van der Waals surface area contributed by atoms with Gasteiger partial charge >= 0.3 is 0 Å².